The minimum Gasteiger partial charge on any atom is -0.351 e. The van der Waals surface area contributed by atoms with Gasteiger partial charge in [-0.05, 0) is 42.0 Å². The molecule has 3 rings (SSSR count). The predicted molar refractivity (Wildman–Crippen MR) is 94.3 cm³/mol. The van der Waals surface area contributed by atoms with Crippen molar-refractivity contribution < 1.29 is 4.79 Å². The normalized spacial score (nSPS) is 12.1. The van der Waals surface area contributed by atoms with Crippen LogP contribution in [-0.2, 0) is 18.4 Å². The first-order chi connectivity index (χ1) is 12.0. The fraction of sp³-hybridized carbons (Fsp3) is 0.312. The smallest absolute Gasteiger partial charge is 0.233 e. The molecule has 0 aliphatic heterocycles. The Bertz CT molecular complexity index is 873. The van der Waals surface area contributed by atoms with Gasteiger partial charge in [0.2, 0.25) is 11.1 Å². The van der Waals surface area contributed by atoms with Gasteiger partial charge in [-0.15, -0.1) is 5.10 Å². The Morgan fingerprint density at radius 1 is 1.40 bits per heavy atom. The van der Waals surface area contributed by atoms with E-state index in [1.807, 2.05) is 51.4 Å². The SMILES string of the molecule is Cc1cccc(-n2nnnc2S[C@H](C)C(=O)NCc2cnn(C)c2)c1. The van der Waals surface area contributed by atoms with Gasteiger partial charge in [0.15, 0.2) is 0 Å². The van der Waals surface area contributed by atoms with E-state index in [4.69, 9.17) is 0 Å². The van der Waals surface area contributed by atoms with Crippen LogP contribution in [0.25, 0.3) is 5.69 Å². The molecule has 8 nitrogen and oxygen atoms in total. The number of amides is 1. The lowest BCUT2D eigenvalue weighted by Crippen LogP contribution is -2.30. The quantitative estimate of drug-likeness (QED) is 0.673. The lowest BCUT2D eigenvalue weighted by molar-refractivity contribution is -0.120. The Kier molecular flexibility index (Phi) is 5.13. The maximum absolute atomic E-state index is 12.3. The van der Waals surface area contributed by atoms with E-state index in [0.717, 1.165) is 16.8 Å². The molecule has 0 aliphatic rings. The molecule has 9 heteroatoms. The summed E-state index contributed by atoms with van der Waals surface area (Å²) in [4.78, 5) is 12.3. The van der Waals surface area contributed by atoms with Gasteiger partial charge in [0, 0.05) is 25.4 Å². The van der Waals surface area contributed by atoms with Crippen molar-refractivity contribution in [3.8, 4) is 5.69 Å². The molecule has 130 valence electrons. The molecule has 0 bridgehead atoms. The number of aryl methyl sites for hydroxylation is 2. The second-order valence-electron chi connectivity index (χ2n) is 5.71. The standard InChI is InChI=1S/C16H19N7OS/c1-11-5-4-6-14(7-11)23-16(19-20-21-23)25-12(2)15(24)17-8-13-9-18-22(3)10-13/h4-7,9-10,12H,8H2,1-3H3,(H,17,24)/t12-/m1/s1. The molecule has 0 aliphatic carbocycles. The number of nitrogens with zero attached hydrogens (tertiary/aromatic N) is 6. The zero-order valence-corrected chi connectivity index (χ0v) is 15.1. The fourth-order valence-electron chi connectivity index (χ4n) is 2.28. The molecule has 1 N–H and O–H groups in total. The highest BCUT2D eigenvalue weighted by Gasteiger charge is 2.19. The monoisotopic (exact) mass is 357 g/mol. The van der Waals surface area contributed by atoms with E-state index in [0.29, 0.717) is 11.7 Å². The molecular weight excluding hydrogens is 338 g/mol. The average Bonchev–Trinajstić information content (AvgIpc) is 3.21. The maximum atomic E-state index is 12.3. The molecule has 1 atom stereocenters. The molecule has 1 amide bonds. The molecule has 3 aromatic rings. The van der Waals surface area contributed by atoms with Gasteiger partial charge < -0.3 is 5.32 Å². The fourth-order valence-corrected chi connectivity index (χ4v) is 3.11. The van der Waals surface area contributed by atoms with Crippen LogP contribution in [-0.4, -0.2) is 41.1 Å². The Labute approximate surface area is 149 Å². The van der Waals surface area contributed by atoms with Gasteiger partial charge in [0.05, 0.1) is 17.1 Å². The highest BCUT2D eigenvalue weighted by Crippen LogP contribution is 2.23. The molecule has 0 saturated heterocycles. The molecule has 1 aromatic carbocycles. The van der Waals surface area contributed by atoms with E-state index in [9.17, 15) is 4.79 Å². The van der Waals surface area contributed by atoms with Gasteiger partial charge in [0.1, 0.15) is 0 Å². The van der Waals surface area contributed by atoms with Gasteiger partial charge in [-0.2, -0.15) is 9.78 Å². The Balaban J connectivity index is 1.64. The number of hydrogen-bond acceptors (Lipinski definition) is 6. The number of rotatable bonds is 6. The third-order valence-electron chi connectivity index (χ3n) is 3.56. The van der Waals surface area contributed by atoms with Gasteiger partial charge in [-0.25, -0.2) is 0 Å². The van der Waals surface area contributed by atoms with E-state index in [1.54, 1.807) is 15.6 Å². The van der Waals surface area contributed by atoms with Crippen LogP contribution in [0.1, 0.15) is 18.1 Å². The van der Waals surface area contributed by atoms with Crippen molar-refractivity contribution in [1.29, 1.82) is 0 Å². The number of carbonyl (C=O) groups excluding carboxylic acids is 1. The summed E-state index contributed by atoms with van der Waals surface area (Å²) < 4.78 is 3.35. The maximum Gasteiger partial charge on any atom is 0.233 e. The second kappa shape index (κ2) is 7.47. The number of benzene rings is 1. The first-order valence-corrected chi connectivity index (χ1v) is 8.68. The Morgan fingerprint density at radius 3 is 2.96 bits per heavy atom. The van der Waals surface area contributed by atoms with Crippen molar-refractivity contribution >= 4 is 17.7 Å². The number of nitrogens with one attached hydrogen (secondary N) is 1. The summed E-state index contributed by atoms with van der Waals surface area (Å²) in [5.41, 5.74) is 2.94. The zero-order valence-electron chi connectivity index (χ0n) is 14.2. The third kappa shape index (κ3) is 4.24. The van der Waals surface area contributed by atoms with E-state index in [2.05, 4.69) is 25.9 Å². The van der Waals surface area contributed by atoms with E-state index < -0.39 is 0 Å². The summed E-state index contributed by atoms with van der Waals surface area (Å²) in [5, 5.41) is 19.0. The predicted octanol–water partition coefficient (Wildman–Crippen LogP) is 1.50. The topological polar surface area (TPSA) is 90.5 Å². The number of hydrogen-bond donors (Lipinski definition) is 1. The van der Waals surface area contributed by atoms with Gasteiger partial charge in [-0.3, -0.25) is 9.48 Å². The Hall–Kier alpha value is -2.68. The third-order valence-corrected chi connectivity index (χ3v) is 4.60. The first kappa shape index (κ1) is 17.2. The summed E-state index contributed by atoms with van der Waals surface area (Å²) in [5.74, 6) is -0.0763. The minimum absolute atomic E-state index is 0.0763. The van der Waals surface area contributed by atoms with E-state index in [1.165, 1.54) is 11.8 Å². The summed E-state index contributed by atoms with van der Waals surface area (Å²) in [7, 11) is 1.84. The molecule has 0 unspecified atom stereocenters. The number of thioether (sulfide) groups is 1. The molecule has 25 heavy (non-hydrogen) atoms. The van der Waals surface area contributed by atoms with Crippen molar-refractivity contribution in [1.82, 2.24) is 35.3 Å². The van der Waals surface area contributed by atoms with Crippen LogP contribution < -0.4 is 5.32 Å². The van der Waals surface area contributed by atoms with Crippen LogP contribution in [0.2, 0.25) is 0 Å². The second-order valence-corrected chi connectivity index (χ2v) is 7.02. The largest absolute Gasteiger partial charge is 0.351 e. The molecular formula is C16H19N7OS. The summed E-state index contributed by atoms with van der Waals surface area (Å²) >= 11 is 1.32. The Morgan fingerprint density at radius 2 is 2.24 bits per heavy atom. The number of tetrazole rings is 1. The molecule has 0 fully saturated rings. The molecule has 0 saturated carbocycles. The van der Waals surface area contributed by atoms with Crippen LogP contribution in [0.15, 0.2) is 41.8 Å². The summed E-state index contributed by atoms with van der Waals surface area (Å²) in [6, 6.07) is 7.88. The molecule has 0 radical (unpaired) electrons. The van der Waals surface area contributed by atoms with Crippen LogP contribution in [0.5, 0.6) is 0 Å². The van der Waals surface area contributed by atoms with Crippen molar-refractivity contribution in [3.05, 3.63) is 47.8 Å². The lowest BCUT2D eigenvalue weighted by Gasteiger charge is -2.11. The number of carbonyl (C=O) groups is 1. The zero-order chi connectivity index (χ0) is 17.8. The van der Waals surface area contributed by atoms with Crippen molar-refractivity contribution in [3.63, 3.8) is 0 Å². The van der Waals surface area contributed by atoms with Crippen molar-refractivity contribution in [2.45, 2.75) is 30.8 Å². The first-order valence-electron chi connectivity index (χ1n) is 7.80. The average molecular weight is 357 g/mol. The number of aromatic nitrogens is 6. The van der Waals surface area contributed by atoms with E-state index in [-0.39, 0.29) is 11.2 Å². The molecule has 0 spiro atoms. The van der Waals surface area contributed by atoms with Gasteiger partial charge >= 0.3 is 0 Å². The summed E-state index contributed by atoms with van der Waals surface area (Å²) in [6.45, 7) is 4.29. The van der Waals surface area contributed by atoms with Crippen LogP contribution >= 0.6 is 11.8 Å². The van der Waals surface area contributed by atoms with Gasteiger partial charge in [0.25, 0.3) is 0 Å². The van der Waals surface area contributed by atoms with Crippen LogP contribution in [0, 0.1) is 6.92 Å². The molecule has 2 aromatic heterocycles. The molecule has 2 heterocycles. The summed E-state index contributed by atoms with van der Waals surface area (Å²) in [6.07, 6.45) is 3.60. The van der Waals surface area contributed by atoms with Crippen molar-refractivity contribution in [2.75, 3.05) is 0 Å². The van der Waals surface area contributed by atoms with E-state index >= 15 is 0 Å². The van der Waals surface area contributed by atoms with Gasteiger partial charge in [-0.1, -0.05) is 23.9 Å². The van der Waals surface area contributed by atoms with Crippen LogP contribution in [0.4, 0.5) is 0 Å². The highest BCUT2D eigenvalue weighted by molar-refractivity contribution is 8.00. The minimum atomic E-state index is -0.328. The van der Waals surface area contributed by atoms with Crippen molar-refractivity contribution in [2.24, 2.45) is 7.05 Å². The lowest BCUT2D eigenvalue weighted by atomic mass is 10.2. The van der Waals surface area contributed by atoms with Crippen LogP contribution in [0.3, 0.4) is 0 Å². The highest BCUT2D eigenvalue weighted by atomic mass is 32.2.